The van der Waals surface area contributed by atoms with Crippen LogP contribution in [0.25, 0.3) is 0 Å². The Morgan fingerprint density at radius 3 is 2.70 bits per heavy atom. The molecule has 2 nitrogen and oxygen atoms in total. The predicted molar refractivity (Wildman–Crippen MR) is 43.2 cm³/mol. The number of hydrogen-bond acceptors (Lipinski definition) is 2. The van der Waals surface area contributed by atoms with E-state index in [4.69, 9.17) is 11.6 Å². The van der Waals surface area contributed by atoms with E-state index < -0.39 is 0 Å². The first kappa shape index (κ1) is 7.48. The van der Waals surface area contributed by atoms with Crippen LogP contribution in [0.15, 0.2) is 23.5 Å². The SMILES string of the molecule is CC(C)N1C=CC(Cl)=CN1. The van der Waals surface area contributed by atoms with Crippen molar-refractivity contribution >= 4 is 11.6 Å². The summed E-state index contributed by atoms with van der Waals surface area (Å²) in [6, 6.07) is 0.456. The number of hydrogen-bond donors (Lipinski definition) is 1. The lowest BCUT2D eigenvalue weighted by Crippen LogP contribution is -2.36. The smallest absolute Gasteiger partial charge is 0.0596 e. The van der Waals surface area contributed by atoms with Crippen molar-refractivity contribution < 1.29 is 0 Å². The van der Waals surface area contributed by atoms with Gasteiger partial charge in [-0.2, -0.15) is 0 Å². The van der Waals surface area contributed by atoms with E-state index in [9.17, 15) is 0 Å². The molecular weight excluding hydrogens is 148 g/mol. The van der Waals surface area contributed by atoms with Crippen molar-refractivity contribution in [3.63, 3.8) is 0 Å². The minimum absolute atomic E-state index is 0.456. The molecule has 56 valence electrons. The van der Waals surface area contributed by atoms with Crippen molar-refractivity contribution in [2.75, 3.05) is 0 Å². The van der Waals surface area contributed by atoms with Crippen LogP contribution in [-0.2, 0) is 0 Å². The second kappa shape index (κ2) is 2.97. The molecule has 0 radical (unpaired) electrons. The molecule has 10 heavy (non-hydrogen) atoms. The summed E-state index contributed by atoms with van der Waals surface area (Å²) >= 11 is 5.67. The third kappa shape index (κ3) is 1.67. The highest BCUT2D eigenvalue weighted by molar-refractivity contribution is 6.31. The number of allylic oxidation sites excluding steroid dienone is 2. The van der Waals surface area contributed by atoms with Crippen LogP contribution >= 0.6 is 11.6 Å². The molecule has 3 heteroatoms. The van der Waals surface area contributed by atoms with E-state index in [1.54, 1.807) is 6.20 Å². The van der Waals surface area contributed by atoms with Crippen LogP contribution in [0.4, 0.5) is 0 Å². The molecule has 0 atom stereocenters. The van der Waals surface area contributed by atoms with Gasteiger partial charge in [0.25, 0.3) is 0 Å². The first-order valence-corrected chi connectivity index (χ1v) is 3.66. The minimum atomic E-state index is 0.456. The Morgan fingerprint density at radius 2 is 2.30 bits per heavy atom. The molecule has 1 aliphatic rings. The summed E-state index contributed by atoms with van der Waals surface area (Å²) in [6.45, 7) is 4.20. The van der Waals surface area contributed by atoms with E-state index in [0.717, 1.165) is 5.03 Å². The average Bonchev–Trinajstić information content (AvgIpc) is 1.88. The largest absolute Gasteiger partial charge is 0.304 e. The van der Waals surface area contributed by atoms with Gasteiger partial charge in [0.1, 0.15) is 0 Å². The monoisotopic (exact) mass is 158 g/mol. The molecule has 0 fully saturated rings. The van der Waals surface area contributed by atoms with Gasteiger partial charge in [0.15, 0.2) is 0 Å². The van der Waals surface area contributed by atoms with E-state index in [-0.39, 0.29) is 0 Å². The fraction of sp³-hybridized carbons (Fsp3) is 0.429. The summed E-state index contributed by atoms with van der Waals surface area (Å²) in [7, 11) is 0. The van der Waals surface area contributed by atoms with Gasteiger partial charge < -0.3 is 5.43 Å². The van der Waals surface area contributed by atoms with Gasteiger partial charge in [-0.05, 0) is 19.9 Å². The Morgan fingerprint density at radius 1 is 1.60 bits per heavy atom. The van der Waals surface area contributed by atoms with Crippen LogP contribution in [0.1, 0.15) is 13.8 Å². The van der Waals surface area contributed by atoms with Gasteiger partial charge in [0.05, 0.1) is 5.03 Å². The normalized spacial score (nSPS) is 17.2. The Hall–Kier alpha value is -0.630. The number of halogens is 1. The molecule has 0 aromatic rings. The summed E-state index contributed by atoms with van der Waals surface area (Å²) < 4.78 is 0. The van der Waals surface area contributed by atoms with Crippen molar-refractivity contribution in [3.05, 3.63) is 23.5 Å². The van der Waals surface area contributed by atoms with Crippen LogP contribution < -0.4 is 5.43 Å². The lowest BCUT2D eigenvalue weighted by molar-refractivity contribution is 0.253. The first-order valence-electron chi connectivity index (χ1n) is 3.28. The standard InChI is InChI=1S/C7H11ClN2/c1-6(2)10-4-3-7(8)5-9-10/h3-6,9H,1-2H3. The highest BCUT2D eigenvalue weighted by atomic mass is 35.5. The molecule has 1 aliphatic heterocycles. The molecular formula is C7H11ClN2. The Balaban J connectivity index is 2.52. The molecule has 0 saturated heterocycles. The lowest BCUT2D eigenvalue weighted by atomic mass is 10.4. The average molecular weight is 159 g/mol. The van der Waals surface area contributed by atoms with Crippen molar-refractivity contribution in [1.82, 2.24) is 10.4 Å². The molecule has 0 aliphatic carbocycles. The molecule has 0 bridgehead atoms. The minimum Gasteiger partial charge on any atom is -0.304 e. The second-order valence-corrected chi connectivity index (χ2v) is 2.91. The number of rotatable bonds is 1. The quantitative estimate of drug-likeness (QED) is 0.626. The third-order valence-corrected chi connectivity index (χ3v) is 1.54. The fourth-order valence-corrected chi connectivity index (χ4v) is 0.805. The zero-order valence-corrected chi connectivity index (χ0v) is 6.89. The molecule has 0 spiro atoms. The van der Waals surface area contributed by atoms with E-state index in [1.165, 1.54) is 0 Å². The van der Waals surface area contributed by atoms with Gasteiger partial charge in [-0.3, -0.25) is 5.01 Å². The van der Waals surface area contributed by atoms with E-state index in [0.29, 0.717) is 6.04 Å². The maximum atomic E-state index is 5.67. The predicted octanol–water partition coefficient (Wildman–Crippen LogP) is 1.81. The summed E-state index contributed by atoms with van der Waals surface area (Å²) in [5.41, 5.74) is 3.02. The molecule has 0 aromatic carbocycles. The number of nitrogens with one attached hydrogen (secondary N) is 1. The summed E-state index contributed by atoms with van der Waals surface area (Å²) in [4.78, 5) is 0. The summed E-state index contributed by atoms with van der Waals surface area (Å²) in [5.74, 6) is 0. The van der Waals surface area contributed by atoms with Crippen molar-refractivity contribution in [3.8, 4) is 0 Å². The van der Waals surface area contributed by atoms with Gasteiger partial charge in [0, 0.05) is 18.4 Å². The van der Waals surface area contributed by atoms with Gasteiger partial charge in [-0.25, -0.2) is 0 Å². The van der Waals surface area contributed by atoms with Gasteiger partial charge >= 0.3 is 0 Å². The van der Waals surface area contributed by atoms with Gasteiger partial charge in [-0.1, -0.05) is 11.6 Å². The first-order chi connectivity index (χ1) is 4.70. The molecule has 1 heterocycles. The van der Waals surface area contributed by atoms with E-state index >= 15 is 0 Å². The Kier molecular flexibility index (Phi) is 2.22. The molecule has 1 rings (SSSR count). The zero-order valence-electron chi connectivity index (χ0n) is 6.13. The van der Waals surface area contributed by atoms with Crippen molar-refractivity contribution in [2.45, 2.75) is 19.9 Å². The highest BCUT2D eigenvalue weighted by Crippen LogP contribution is 2.08. The fourth-order valence-electron chi connectivity index (χ4n) is 0.700. The van der Waals surface area contributed by atoms with Crippen LogP contribution in [0, 0.1) is 0 Å². The Bertz CT molecular complexity index is 172. The maximum Gasteiger partial charge on any atom is 0.0596 e. The summed E-state index contributed by atoms with van der Waals surface area (Å²) in [5, 5.41) is 2.71. The molecule has 0 unspecified atom stereocenters. The molecule has 0 amide bonds. The van der Waals surface area contributed by atoms with E-state index in [2.05, 4.69) is 19.3 Å². The number of hydrazine groups is 1. The number of nitrogens with zero attached hydrogens (tertiary/aromatic N) is 1. The molecule has 0 saturated carbocycles. The van der Waals surface area contributed by atoms with Crippen LogP contribution in [-0.4, -0.2) is 11.1 Å². The lowest BCUT2D eigenvalue weighted by Gasteiger charge is -2.26. The van der Waals surface area contributed by atoms with Crippen molar-refractivity contribution in [2.24, 2.45) is 0 Å². The van der Waals surface area contributed by atoms with Crippen LogP contribution in [0.5, 0.6) is 0 Å². The van der Waals surface area contributed by atoms with Gasteiger partial charge in [0.2, 0.25) is 0 Å². The zero-order chi connectivity index (χ0) is 7.56. The topological polar surface area (TPSA) is 15.3 Å². The van der Waals surface area contributed by atoms with Gasteiger partial charge in [-0.15, -0.1) is 0 Å². The maximum absolute atomic E-state index is 5.67. The second-order valence-electron chi connectivity index (χ2n) is 2.48. The van der Waals surface area contributed by atoms with Crippen molar-refractivity contribution in [1.29, 1.82) is 0 Å². The molecule has 0 aromatic heterocycles. The molecule has 1 N–H and O–H groups in total. The van der Waals surface area contributed by atoms with Crippen LogP contribution in [0.3, 0.4) is 0 Å². The van der Waals surface area contributed by atoms with E-state index in [1.807, 2.05) is 17.3 Å². The highest BCUT2D eigenvalue weighted by Gasteiger charge is 2.04. The summed E-state index contributed by atoms with van der Waals surface area (Å²) in [6.07, 6.45) is 5.55. The third-order valence-electron chi connectivity index (χ3n) is 1.30. The Labute approximate surface area is 66.1 Å². The van der Waals surface area contributed by atoms with Crippen LogP contribution in [0.2, 0.25) is 0 Å².